The molecule has 3 N–H and O–H groups in total. The summed E-state index contributed by atoms with van der Waals surface area (Å²) in [5, 5.41) is 5.43. The molecule has 0 radical (unpaired) electrons. The molecule has 158 valence electrons. The number of carbonyl (C=O) groups is 1. The second kappa shape index (κ2) is 10.1. The zero-order chi connectivity index (χ0) is 21.4. The Hall–Kier alpha value is -2.78. The van der Waals surface area contributed by atoms with Gasteiger partial charge in [0.1, 0.15) is 11.5 Å². The molecule has 0 heterocycles. The number of hydrogen-bond donors (Lipinski definition) is 3. The van der Waals surface area contributed by atoms with Crippen LogP contribution in [0.25, 0.3) is 0 Å². The van der Waals surface area contributed by atoms with Gasteiger partial charge in [-0.2, -0.15) is 0 Å². The highest BCUT2D eigenvalue weighted by Crippen LogP contribution is 2.29. The fourth-order valence-electron chi connectivity index (χ4n) is 2.67. The third-order valence-electron chi connectivity index (χ3n) is 4.28. The molecular formula is C20H27N3O5S. The van der Waals surface area contributed by atoms with Crippen molar-refractivity contribution in [2.45, 2.75) is 24.8 Å². The molecule has 0 fully saturated rings. The minimum Gasteiger partial charge on any atom is -0.497 e. The highest BCUT2D eigenvalue weighted by atomic mass is 32.2. The van der Waals surface area contributed by atoms with Gasteiger partial charge in [0, 0.05) is 18.7 Å². The molecule has 2 aromatic carbocycles. The van der Waals surface area contributed by atoms with Gasteiger partial charge in [0.05, 0.1) is 25.2 Å². The van der Waals surface area contributed by atoms with Crippen LogP contribution in [0.3, 0.4) is 0 Å². The van der Waals surface area contributed by atoms with Gasteiger partial charge >= 0.3 is 6.03 Å². The summed E-state index contributed by atoms with van der Waals surface area (Å²) < 4.78 is 37.4. The first kappa shape index (κ1) is 22.5. The predicted octanol–water partition coefficient (Wildman–Crippen LogP) is 2.35. The second-order valence-electron chi connectivity index (χ2n) is 6.44. The van der Waals surface area contributed by atoms with Gasteiger partial charge in [-0.15, -0.1) is 0 Å². The summed E-state index contributed by atoms with van der Waals surface area (Å²) >= 11 is 0. The van der Waals surface area contributed by atoms with Crippen LogP contribution in [-0.4, -0.2) is 41.8 Å². The number of urea groups is 1. The van der Waals surface area contributed by atoms with Crippen molar-refractivity contribution in [3.63, 3.8) is 0 Å². The summed E-state index contributed by atoms with van der Waals surface area (Å²) in [7, 11) is -0.492. The van der Waals surface area contributed by atoms with Crippen LogP contribution < -0.4 is 24.8 Å². The van der Waals surface area contributed by atoms with Crippen LogP contribution in [0.15, 0.2) is 47.4 Å². The molecule has 29 heavy (non-hydrogen) atoms. The molecule has 0 aliphatic rings. The van der Waals surface area contributed by atoms with Gasteiger partial charge in [-0.25, -0.2) is 17.9 Å². The van der Waals surface area contributed by atoms with Crippen molar-refractivity contribution >= 4 is 16.1 Å². The van der Waals surface area contributed by atoms with E-state index in [1.165, 1.54) is 0 Å². The number of rotatable bonds is 9. The Balaban J connectivity index is 1.85. The molecule has 2 amide bonds. The highest BCUT2D eigenvalue weighted by Gasteiger charge is 2.16. The lowest BCUT2D eigenvalue weighted by Gasteiger charge is -2.18. The molecule has 9 heteroatoms. The highest BCUT2D eigenvalue weighted by molar-refractivity contribution is 7.89. The van der Waals surface area contributed by atoms with E-state index in [1.54, 1.807) is 56.7 Å². The summed E-state index contributed by atoms with van der Waals surface area (Å²) in [6, 6.07) is 11.1. The number of amides is 2. The van der Waals surface area contributed by atoms with E-state index in [0.717, 1.165) is 11.1 Å². The van der Waals surface area contributed by atoms with Crippen LogP contribution in [0.1, 0.15) is 24.1 Å². The summed E-state index contributed by atoms with van der Waals surface area (Å²) in [6.07, 6.45) is 0. The lowest BCUT2D eigenvalue weighted by molar-refractivity contribution is 0.238. The molecule has 0 aromatic heterocycles. The van der Waals surface area contributed by atoms with Gasteiger partial charge in [-0.05, 0) is 44.2 Å². The Bertz CT molecular complexity index is 930. The SMILES string of the molecule is COc1ccc(OC)c([C@@H](C)NC(=O)NCCNS(=O)(=O)c2ccc(C)cc2)c1. The van der Waals surface area contributed by atoms with Gasteiger partial charge in [0.15, 0.2) is 0 Å². The number of carbonyl (C=O) groups excluding carboxylic acids is 1. The Labute approximate surface area is 171 Å². The van der Waals surface area contributed by atoms with E-state index in [1.807, 2.05) is 13.8 Å². The van der Waals surface area contributed by atoms with Crippen LogP contribution in [-0.2, 0) is 10.0 Å². The van der Waals surface area contributed by atoms with Crippen LogP contribution in [0.2, 0.25) is 0 Å². The van der Waals surface area contributed by atoms with E-state index in [9.17, 15) is 13.2 Å². The standard InChI is InChI=1S/C20H27N3O5S/c1-14-5-8-17(9-6-14)29(25,26)22-12-11-21-20(24)23-15(2)18-13-16(27-3)7-10-19(18)28-4/h5-10,13,15,22H,11-12H2,1-4H3,(H2,21,23,24)/t15-/m1/s1. The molecule has 2 aromatic rings. The number of benzene rings is 2. The van der Waals surface area contributed by atoms with Gasteiger partial charge in [0.2, 0.25) is 10.0 Å². The maximum absolute atomic E-state index is 12.2. The van der Waals surface area contributed by atoms with Crippen LogP contribution in [0.5, 0.6) is 11.5 Å². The molecule has 0 aliphatic heterocycles. The van der Waals surface area contributed by atoms with Crippen molar-refractivity contribution in [1.29, 1.82) is 0 Å². The Morgan fingerprint density at radius 2 is 1.72 bits per heavy atom. The van der Waals surface area contributed by atoms with Gasteiger partial charge in [-0.1, -0.05) is 17.7 Å². The first-order valence-electron chi connectivity index (χ1n) is 9.09. The zero-order valence-electron chi connectivity index (χ0n) is 17.0. The van der Waals surface area contributed by atoms with E-state index >= 15 is 0 Å². The number of sulfonamides is 1. The minimum atomic E-state index is -3.61. The Morgan fingerprint density at radius 1 is 1.03 bits per heavy atom. The third kappa shape index (κ3) is 6.37. The summed E-state index contributed by atoms with van der Waals surface area (Å²) in [6.45, 7) is 3.91. The molecule has 0 unspecified atom stereocenters. The molecule has 1 atom stereocenters. The lowest BCUT2D eigenvalue weighted by atomic mass is 10.1. The molecule has 0 aliphatic carbocycles. The Kier molecular flexibility index (Phi) is 7.86. The largest absolute Gasteiger partial charge is 0.497 e. The normalized spacial score (nSPS) is 12.1. The van der Waals surface area contributed by atoms with Gasteiger partial charge in [0.25, 0.3) is 0 Å². The smallest absolute Gasteiger partial charge is 0.315 e. The van der Waals surface area contributed by atoms with Crippen molar-refractivity contribution in [3.8, 4) is 11.5 Å². The number of aryl methyl sites for hydroxylation is 1. The van der Waals surface area contributed by atoms with Gasteiger partial charge in [-0.3, -0.25) is 0 Å². The molecule has 0 spiro atoms. The number of hydrogen-bond acceptors (Lipinski definition) is 5. The zero-order valence-corrected chi connectivity index (χ0v) is 17.8. The van der Waals surface area contributed by atoms with E-state index in [-0.39, 0.29) is 24.0 Å². The van der Waals surface area contributed by atoms with Crippen LogP contribution in [0, 0.1) is 6.92 Å². The predicted molar refractivity (Wildman–Crippen MR) is 111 cm³/mol. The average molecular weight is 422 g/mol. The van der Waals surface area contributed by atoms with Gasteiger partial charge < -0.3 is 20.1 Å². The first-order valence-corrected chi connectivity index (χ1v) is 10.6. The van der Waals surface area contributed by atoms with E-state index in [4.69, 9.17) is 9.47 Å². The van der Waals surface area contributed by atoms with Crippen LogP contribution in [0.4, 0.5) is 4.79 Å². The summed E-state index contributed by atoms with van der Waals surface area (Å²) in [5.74, 6) is 1.28. The lowest BCUT2D eigenvalue weighted by Crippen LogP contribution is -2.41. The molecule has 2 rings (SSSR count). The molecular weight excluding hydrogens is 394 g/mol. The monoisotopic (exact) mass is 421 g/mol. The Morgan fingerprint density at radius 3 is 2.34 bits per heavy atom. The molecule has 0 saturated carbocycles. The van der Waals surface area contributed by atoms with Crippen molar-refractivity contribution in [2.24, 2.45) is 0 Å². The van der Waals surface area contributed by atoms with Crippen molar-refractivity contribution in [3.05, 3.63) is 53.6 Å². The summed E-state index contributed by atoms with van der Waals surface area (Å²) in [4.78, 5) is 12.3. The maximum Gasteiger partial charge on any atom is 0.315 e. The van der Waals surface area contributed by atoms with Crippen LogP contribution >= 0.6 is 0 Å². The molecule has 0 saturated heterocycles. The fraction of sp³-hybridized carbons (Fsp3) is 0.350. The third-order valence-corrected chi connectivity index (χ3v) is 5.76. The summed E-state index contributed by atoms with van der Waals surface area (Å²) in [5.41, 5.74) is 1.74. The molecule has 8 nitrogen and oxygen atoms in total. The second-order valence-corrected chi connectivity index (χ2v) is 8.21. The van der Waals surface area contributed by atoms with E-state index in [2.05, 4.69) is 15.4 Å². The maximum atomic E-state index is 12.2. The van der Waals surface area contributed by atoms with E-state index < -0.39 is 16.1 Å². The average Bonchev–Trinajstić information content (AvgIpc) is 2.71. The first-order chi connectivity index (χ1) is 13.8. The van der Waals surface area contributed by atoms with Crippen molar-refractivity contribution in [2.75, 3.05) is 27.3 Å². The fourth-order valence-corrected chi connectivity index (χ4v) is 3.70. The number of ether oxygens (including phenoxy) is 2. The van der Waals surface area contributed by atoms with E-state index in [0.29, 0.717) is 11.5 Å². The van der Waals surface area contributed by atoms with Crippen molar-refractivity contribution < 1.29 is 22.7 Å². The number of nitrogens with one attached hydrogen (secondary N) is 3. The minimum absolute atomic E-state index is 0.0699. The topological polar surface area (TPSA) is 106 Å². The quantitative estimate of drug-likeness (QED) is 0.539. The number of methoxy groups -OCH3 is 2. The van der Waals surface area contributed by atoms with Crippen molar-refractivity contribution in [1.82, 2.24) is 15.4 Å². The molecule has 0 bridgehead atoms.